The molecule has 2 nitrogen and oxygen atoms in total. The second-order valence-electron chi connectivity index (χ2n) is 3.01. The number of hydrogen-bond acceptors (Lipinski definition) is 2. The summed E-state index contributed by atoms with van der Waals surface area (Å²) in [5.74, 6) is 0.00185. The summed E-state index contributed by atoms with van der Waals surface area (Å²) < 4.78 is 0. The molecule has 66 valence electrons. The fourth-order valence-electron chi connectivity index (χ4n) is 1.46. The summed E-state index contributed by atoms with van der Waals surface area (Å²) in [6.07, 6.45) is 7.78. The topological polar surface area (TPSA) is 40.5 Å². The molecule has 2 rings (SSSR count). The van der Waals surface area contributed by atoms with E-state index < -0.39 is 0 Å². The third-order valence-electron chi connectivity index (χ3n) is 2.15. The first kappa shape index (κ1) is 7.92. The minimum atomic E-state index is -0.0637. The summed E-state index contributed by atoms with van der Waals surface area (Å²) in [5, 5.41) is 18.8. The molecule has 1 aromatic carbocycles. The third-order valence-corrected chi connectivity index (χ3v) is 2.15. The predicted octanol–water partition coefficient (Wildman–Crippen LogP) is 2.31. The Morgan fingerprint density at radius 2 is 1.69 bits per heavy atom. The van der Waals surface area contributed by atoms with Gasteiger partial charge in [0.05, 0.1) is 0 Å². The van der Waals surface area contributed by atoms with Crippen LogP contribution in [0.15, 0.2) is 42.5 Å². The quantitative estimate of drug-likeness (QED) is 0.641. The fraction of sp³-hybridized carbons (Fsp3) is 0.0909. The van der Waals surface area contributed by atoms with E-state index in [2.05, 4.69) is 0 Å². The maximum atomic E-state index is 9.54. The van der Waals surface area contributed by atoms with E-state index in [0.717, 1.165) is 5.56 Å². The van der Waals surface area contributed by atoms with Crippen LogP contribution < -0.4 is 0 Å². The zero-order valence-corrected chi connectivity index (χ0v) is 7.01. The van der Waals surface area contributed by atoms with Crippen LogP contribution in [-0.4, -0.2) is 10.2 Å². The average molecular weight is 174 g/mol. The molecule has 0 atom stereocenters. The Labute approximate surface area is 76.5 Å². The minimum Gasteiger partial charge on any atom is -0.504 e. The maximum Gasteiger partial charge on any atom is 0.161 e. The predicted molar refractivity (Wildman–Crippen MR) is 50.8 cm³/mol. The van der Waals surface area contributed by atoms with Crippen LogP contribution in [-0.2, 0) is 0 Å². The van der Waals surface area contributed by atoms with E-state index in [1.165, 1.54) is 6.07 Å². The van der Waals surface area contributed by atoms with E-state index in [4.69, 9.17) is 0 Å². The molecule has 0 aromatic heterocycles. The number of rotatable bonds is 1. The van der Waals surface area contributed by atoms with Crippen LogP contribution >= 0.6 is 0 Å². The van der Waals surface area contributed by atoms with E-state index in [9.17, 15) is 10.2 Å². The van der Waals surface area contributed by atoms with Gasteiger partial charge in [0, 0.05) is 11.5 Å². The third kappa shape index (κ3) is 1.31. The summed E-state index contributed by atoms with van der Waals surface area (Å²) in [4.78, 5) is 0. The lowest BCUT2D eigenvalue weighted by Crippen LogP contribution is -1.89. The van der Waals surface area contributed by atoms with Crippen molar-refractivity contribution in [1.29, 1.82) is 0 Å². The second kappa shape index (κ2) is 2.98. The number of para-hydroxylation sites is 1. The van der Waals surface area contributed by atoms with E-state index >= 15 is 0 Å². The van der Waals surface area contributed by atoms with Crippen molar-refractivity contribution in [2.75, 3.05) is 0 Å². The Kier molecular flexibility index (Phi) is 1.81. The van der Waals surface area contributed by atoms with Crippen LogP contribution in [0, 0.1) is 0 Å². The summed E-state index contributed by atoms with van der Waals surface area (Å²) in [7, 11) is 0. The first-order chi connectivity index (χ1) is 6.29. The second-order valence-corrected chi connectivity index (χ2v) is 3.01. The number of phenolic OH excluding ortho intramolecular Hbond substituents is 2. The Morgan fingerprint density at radius 1 is 1.00 bits per heavy atom. The van der Waals surface area contributed by atoms with Gasteiger partial charge in [0.1, 0.15) is 0 Å². The highest BCUT2D eigenvalue weighted by atomic mass is 16.3. The summed E-state index contributed by atoms with van der Waals surface area (Å²) in [6.45, 7) is 0. The summed E-state index contributed by atoms with van der Waals surface area (Å²) >= 11 is 0. The van der Waals surface area contributed by atoms with Crippen molar-refractivity contribution in [1.82, 2.24) is 0 Å². The molecular formula is C11H10O2. The van der Waals surface area contributed by atoms with Gasteiger partial charge in [-0.25, -0.2) is 0 Å². The Bertz CT molecular complexity index is 366. The van der Waals surface area contributed by atoms with Crippen molar-refractivity contribution in [3.63, 3.8) is 0 Å². The first-order valence-electron chi connectivity index (χ1n) is 4.15. The SMILES string of the molecule is Oc1cccc(C2C=CC=C2)c1O. The van der Waals surface area contributed by atoms with Crippen LogP contribution in [0.3, 0.4) is 0 Å². The zero-order valence-electron chi connectivity index (χ0n) is 7.01. The van der Waals surface area contributed by atoms with Gasteiger partial charge < -0.3 is 10.2 Å². The highest BCUT2D eigenvalue weighted by Crippen LogP contribution is 2.35. The van der Waals surface area contributed by atoms with E-state index in [-0.39, 0.29) is 17.4 Å². The van der Waals surface area contributed by atoms with Crippen molar-refractivity contribution in [3.8, 4) is 11.5 Å². The Hall–Kier alpha value is -1.70. The number of hydrogen-bond donors (Lipinski definition) is 2. The van der Waals surface area contributed by atoms with Crippen molar-refractivity contribution in [2.45, 2.75) is 5.92 Å². The molecule has 0 spiro atoms. The Balaban J connectivity index is 2.45. The molecular weight excluding hydrogens is 164 g/mol. The largest absolute Gasteiger partial charge is 0.504 e. The van der Waals surface area contributed by atoms with E-state index in [0.29, 0.717) is 0 Å². The van der Waals surface area contributed by atoms with Crippen LogP contribution in [0.5, 0.6) is 11.5 Å². The van der Waals surface area contributed by atoms with Gasteiger partial charge in [0.25, 0.3) is 0 Å². The average Bonchev–Trinajstić information content (AvgIpc) is 2.62. The van der Waals surface area contributed by atoms with Crippen LogP contribution in [0.25, 0.3) is 0 Å². The molecule has 0 aliphatic heterocycles. The van der Waals surface area contributed by atoms with E-state index in [1.807, 2.05) is 24.3 Å². The maximum absolute atomic E-state index is 9.54. The van der Waals surface area contributed by atoms with Gasteiger partial charge in [0.2, 0.25) is 0 Å². The highest BCUT2D eigenvalue weighted by Gasteiger charge is 2.13. The van der Waals surface area contributed by atoms with Gasteiger partial charge in [-0.3, -0.25) is 0 Å². The van der Waals surface area contributed by atoms with Gasteiger partial charge in [-0.2, -0.15) is 0 Å². The standard InChI is InChI=1S/C11H10O2/c12-10-7-3-6-9(11(10)13)8-4-1-2-5-8/h1-8,12-13H. The lowest BCUT2D eigenvalue weighted by Gasteiger charge is -2.08. The fourth-order valence-corrected chi connectivity index (χ4v) is 1.46. The van der Waals surface area contributed by atoms with Crippen LogP contribution in [0.1, 0.15) is 11.5 Å². The van der Waals surface area contributed by atoms with Crippen LogP contribution in [0.2, 0.25) is 0 Å². The van der Waals surface area contributed by atoms with Gasteiger partial charge in [-0.15, -0.1) is 0 Å². The highest BCUT2D eigenvalue weighted by molar-refractivity contribution is 5.50. The number of phenols is 2. The van der Waals surface area contributed by atoms with Gasteiger partial charge >= 0.3 is 0 Å². The van der Waals surface area contributed by atoms with Gasteiger partial charge in [-0.05, 0) is 6.07 Å². The molecule has 1 aliphatic rings. The van der Waals surface area contributed by atoms with Crippen molar-refractivity contribution in [2.24, 2.45) is 0 Å². The molecule has 0 bridgehead atoms. The molecule has 0 saturated heterocycles. The van der Waals surface area contributed by atoms with Crippen LogP contribution in [0.4, 0.5) is 0 Å². The molecule has 0 unspecified atom stereocenters. The van der Waals surface area contributed by atoms with Crippen molar-refractivity contribution >= 4 is 0 Å². The monoisotopic (exact) mass is 174 g/mol. The lowest BCUT2D eigenvalue weighted by molar-refractivity contribution is 0.399. The smallest absolute Gasteiger partial charge is 0.161 e. The van der Waals surface area contributed by atoms with Crippen molar-refractivity contribution < 1.29 is 10.2 Å². The molecule has 2 N–H and O–H groups in total. The molecule has 13 heavy (non-hydrogen) atoms. The van der Waals surface area contributed by atoms with Gasteiger partial charge in [0.15, 0.2) is 11.5 Å². The zero-order chi connectivity index (χ0) is 9.26. The number of allylic oxidation sites excluding steroid dienone is 4. The molecule has 1 aromatic rings. The van der Waals surface area contributed by atoms with E-state index in [1.54, 1.807) is 12.1 Å². The molecule has 0 fully saturated rings. The Morgan fingerprint density at radius 3 is 2.38 bits per heavy atom. The summed E-state index contributed by atoms with van der Waals surface area (Å²) in [5.41, 5.74) is 0.741. The molecule has 0 radical (unpaired) electrons. The van der Waals surface area contributed by atoms with Crippen molar-refractivity contribution in [3.05, 3.63) is 48.1 Å². The van der Waals surface area contributed by atoms with Gasteiger partial charge in [-0.1, -0.05) is 36.4 Å². The number of benzene rings is 1. The molecule has 0 saturated carbocycles. The minimum absolute atomic E-state index is 0.0244. The number of aromatic hydroxyl groups is 2. The first-order valence-corrected chi connectivity index (χ1v) is 4.15. The molecule has 1 aliphatic carbocycles. The molecule has 2 heteroatoms. The molecule has 0 amide bonds. The molecule has 0 heterocycles. The lowest BCUT2D eigenvalue weighted by atomic mass is 9.99. The normalized spacial score (nSPS) is 15.4. The summed E-state index contributed by atoms with van der Waals surface area (Å²) in [6, 6.07) is 5.01.